The van der Waals surface area contributed by atoms with Crippen molar-refractivity contribution in [2.45, 2.75) is 50.7 Å². The third-order valence-corrected chi connectivity index (χ3v) is 7.40. The normalized spacial score (nSPS) is 13.7. The Morgan fingerprint density at radius 1 is 0.977 bits per heavy atom. The molecule has 0 atom stereocenters. The maximum atomic E-state index is 13.6. The minimum Gasteiger partial charge on any atom is -0.308 e. The largest absolute Gasteiger partial charge is 0.423 e. The first-order valence-corrected chi connectivity index (χ1v) is 13.8. The number of hydrogen-bond donors (Lipinski definition) is 3. The number of alkyl halides is 3. The highest BCUT2D eigenvalue weighted by Crippen LogP contribution is 2.38. The summed E-state index contributed by atoms with van der Waals surface area (Å²) in [6.07, 6.45) is 0.669. The SMILES string of the molecule is O=C(Nc1nn[nH]n1)c1ccc(CN(C(=O)Nc2ccc([N+](=O)[O-])c(C(F)(F)F)c2)c2ccc(C3CCCCC3)cc2)cc1. The highest BCUT2D eigenvalue weighted by molar-refractivity contribution is 6.03. The zero-order valence-electron chi connectivity index (χ0n) is 23.2. The van der Waals surface area contributed by atoms with Gasteiger partial charge in [-0.25, -0.2) is 4.79 Å². The summed E-state index contributed by atoms with van der Waals surface area (Å²) in [6, 6.07) is 15.4. The molecule has 12 nitrogen and oxygen atoms in total. The number of anilines is 3. The number of H-pyrrole nitrogens is 1. The number of nitrogens with one attached hydrogen (secondary N) is 3. The lowest BCUT2D eigenvalue weighted by Gasteiger charge is -2.26. The van der Waals surface area contributed by atoms with Crippen LogP contribution in [0, 0.1) is 10.1 Å². The van der Waals surface area contributed by atoms with E-state index in [1.807, 2.05) is 12.1 Å². The molecule has 1 saturated carbocycles. The van der Waals surface area contributed by atoms with Crippen LogP contribution in [-0.4, -0.2) is 37.5 Å². The van der Waals surface area contributed by atoms with Crippen molar-refractivity contribution in [1.82, 2.24) is 20.6 Å². The van der Waals surface area contributed by atoms with Gasteiger partial charge in [-0.2, -0.15) is 18.4 Å². The topological polar surface area (TPSA) is 159 Å². The average molecular weight is 609 g/mol. The van der Waals surface area contributed by atoms with Crippen molar-refractivity contribution in [3.8, 4) is 0 Å². The molecular formula is C29H27F3N8O4. The molecule has 3 N–H and O–H groups in total. The van der Waals surface area contributed by atoms with E-state index in [2.05, 4.69) is 31.3 Å². The van der Waals surface area contributed by atoms with E-state index >= 15 is 0 Å². The van der Waals surface area contributed by atoms with E-state index in [1.165, 1.54) is 11.3 Å². The number of tetrazole rings is 1. The lowest BCUT2D eigenvalue weighted by atomic mass is 9.84. The number of carbonyl (C=O) groups is 2. The number of urea groups is 1. The molecule has 1 aliphatic carbocycles. The van der Waals surface area contributed by atoms with Crippen molar-refractivity contribution >= 4 is 34.9 Å². The number of nitro benzene ring substituents is 1. The Labute approximate surface area is 248 Å². The minimum absolute atomic E-state index is 0.000455. The molecule has 3 amide bonds. The summed E-state index contributed by atoms with van der Waals surface area (Å²) in [5, 5.41) is 29.0. The maximum absolute atomic E-state index is 13.6. The van der Waals surface area contributed by atoms with Crippen LogP contribution in [0.2, 0.25) is 0 Å². The van der Waals surface area contributed by atoms with Crippen molar-refractivity contribution in [1.29, 1.82) is 0 Å². The fraction of sp³-hybridized carbons (Fsp3) is 0.276. The van der Waals surface area contributed by atoms with Crippen molar-refractivity contribution < 1.29 is 27.7 Å². The number of benzene rings is 3. The van der Waals surface area contributed by atoms with Gasteiger partial charge in [0.1, 0.15) is 5.56 Å². The highest BCUT2D eigenvalue weighted by atomic mass is 19.4. The first kappa shape index (κ1) is 30.1. The Kier molecular flexibility index (Phi) is 8.83. The molecule has 228 valence electrons. The van der Waals surface area contributed by atoms with Gasteiger partial charge in [-0.1, -0.05) is 48.6 Å². The van der Waals surface area contributed by atoms with Crippen molar-refractivity contribution in [2.75, 3.05) is 15.5 Å². The van der Waals surface area contributed by atoms with Gasteiger partial charge in [0.25, 0.3) is 17.5 Å². The number of carbonyl (C=O) groups excluding carboxylic acids is 2. The summed E-state index contributed by atoms with van der Waals surface area (Å²) in [5.41, 5.74) is -0.308. The predicted octanol–water partition coefficient (Wildman–Crippen LogP) is 6.67. The lowest BCUT2D eigenvalue weighted by molar-refractivity contribution is -0.388. The summed E-state index contributed by atoms with van der Waals surface area (Å²) in [6.45, 7) is 0.000455. The number of rotatable bonds is 8. The molecule has 1 fully saturated rings. The molecule has 0 unspecified atom stereocenters. The molecule has 5 rings (SSSR count). The van der Waals surface area contributed by atoms with Crippen LogP contribution in [0.5, 0.6) is 0 Å². The number of halogens is 3. The second kappa shape index (κ2) is 12.9. The Morgan fingerprint density at radius 2 is 1.68 bits per heavy atom. The molecule has 1 aromatic heterocycles. The van der Waals surface area contributed by atoms with Crippen molar-refractivity contribution in [3.05, 3.63) is 99.1 Å². The summed E-state index contributed by atoms with van der Waals surface area (Å²) < 4.78 is 40.7. The molecular weight excluding hydrogens is 581 g/mol. The van der Waals surface area contributed by atoms with Crippen molar-refractivity contribution in [3.63, 3.8) is 0 Å². The van der Waals surface area contributed by atoms with E-state index in [4.69, 9.17) is 0 Å². The third kappa shape index (κ3) is 7.17. The molecule has 1 aliphatic rings. The van der Waals surface area contributed by atoms with E-state index in [1.54, 1.807) is 36.4 Å². The summed E-state index contributed by atoms with van der Waals surface area (Å²) in [5.74, 6) is -0.0601. The number of hydrogen-bond acceptors (Lipinski definition) is 7. The molecule has 0 saturated heterocycles. The number of nitrogens with zero attached hydrogens (tertiary/aromatic N) is 5. The van der Waals surface area contributed by atoms with Gasteiger partial charge in [-0.3, -0.25) is 25.1 Å². The molecule has 0 spiro atoms. The van der Waals surface area contributed by atoms with E-state index in [0.29, 0.717) is 29.3 Å². The number of amides is 3. The lowest BCUT2D eigenvalue weighted by Crippen LogP contribution is -2.34. The van der Waals surface area contributed by atoms with Crippen LogP contribution in [0.1, 0.15) is 65.1 Å². The summed E-state index contributed by atoms with van der Waals surface area (Å²) in [4.78, 5) is 37.4. The van der Waals surface area contributed by atoms with Crippen LogP contribution in [0.3, 0.4) is 0 Å². The molecule has 4 aromatic rings. The summed E-state index contributed by atoms with van der Waals surface area (Å²) in [7, 11) is 0. The third-order valence-electron chi connectivity index (χ3n) is 7.40. The average Bonchev–Trinajstić information content (AvgIpc) is 3.53. The van der Waals surface area contributed by atoms with E-state index < -0.39 is 34.3 Å². The van der Waals surface area contributed by atoms with Gasteiger partial charge >= 0.3 is 12.2 Å². The van der Waals surface area contributed by atoms with Crippen molar-refractivity contribution in [2.24, 2.45) is 0 Å². The zero-order valence-corrected chi connectivity index (χ0v) is 23.2. The Hall–Kier alpha value is -5.34. The van der Waals surface area contributed by atoms with E-state index in [0.717, 1.165) is 37.3 Å². The molecule has 0 bridgehead atoms. The van der Waals surface area contributed by atoms with Crippen LogP contribution in [0.15, 0.2) is 66.7 Å². The second-order valence-electron chi connectivity index (χ2n) is 10.3. The molecule has 3 aromatic carbocycles. The fourth-order valence-corrected chi connectivity index (χ4v) is 5.17. The number of aromatic amines is 1. The van der Waals surface area contributed by atoms with E-state index in [-0.39, 0.29) is 23.7 Å². The molecule has 15 heteroatoms. The Bertz CT molecular complexity index is 1620. The second-order valence-corrected chi connectivity index (χ2v) is 10.3. The smallest absolute Gasteiger partial charge is 0.308 e. The van der Waals surface area contributed by atoms with Gasteiger partial charge in [0.2, 0.25) is 0 Å². The minimum atomic E-state index is -5.00. The first-order valence-electron chi connectivity index (χ1n) is 13.8. The van der Waals surface area contributed by atoms with Crippen LogP contribution < -0.4 is 15.5 Å². The molecule has 44 heavy (non-hydrogen) atoms. The standard InChI is InChI=1S/C29H27F3N8O4/c30-29(31,32)24-16-22(12-15-25(24)40(43)44)33-28(42)39(23-13-10-20(11-14-23)19-4-2-1-3-5-19)17-18-6-8-21(9-7-18)26(41)34-27-35-37-38-36-27/h6-16,19H,1-5,17H2,(H,33,42)(H2,34,35,36,37,38,41). The van der Waals surface area contributed by atoms with Gasteiger partial charge in [0.15, 0.2) is 0 Å². The highest BCUT2D eigenvalue weighted by Gasteiger charge is 2.38. The number of nitro groups is 1. The van der Waals surface area contributed by atoms with Crippen LogP contribution in [0.25, 0.3) is 0 Å². The van der Waals surface area contributed by atoms with Gasteiger partial charge in [0.05, 0.1) is 11.5 Å². The monoisotopic (exact) mass is 608 g/mol. The quantitative estimate of drug-likeness (QED) is 0.149. The van der Waals surface area contributed by atoms with Gasteiger partial charge < -0.3 is 5.32 Å². The predicted molar refractivity (Wildman–Crippen MR) is 154 cm³/mol. The van der Waals surface area contributed by atoms with Crippen LogP contribution in [-0.2, 0) is 12.7 Å². The van der Waals surface area contributed by atoms with Gasteiger partial charge in [-0.15, -0.1) is 5.10 Å². The zero-order chi connectivity index (χ0) is 31.3. The number of aromatic nitrogens is 4. The molecule has 0 aliphatic heterocycles. The summed E-state index contributed by atoms with van der Waals surface area (Å²) >= 11 is 0. The van der Waals surface area contributed by atoms with E-state index in [9.17, 15) is 32.9 Å². The molecule has 1 heterocycles. The Balaban J connectivity index is 1.40. The Morgan fingerprint density at radius 3 is 2.30 bits per heavy atom. The fourth-order valence-electron chi connectivity index (χ4n) is 5.17. The maximum Gasteiger partial charge on any atom is 0.423 e. The van der Waals surface area contributed by atoms with Crippen LogP contribution in [0.4, 0.5) is 41.0 Å². The van der Waals surface area contributed by atoms with Crippen LogP contribution >= 0.6 is 0 Å². The van der Waals surface area contributed by atoms with Gasteiger partial charge in [0, 0.05) is 23.0 Å². The molecule has 0 radical (unpaired) electrons. The van der Waals surface area contributed by atoms with Gasteiger partial charge in [-0.05, 0) is 71.5 Å². The first-order chi connectivity index (χ1) is 21.1.